The Balaban J connectivity index is 2.32. The van der Waals surface area contributed by atoms with E-state index < -0.39 is 0 Å². The molecule has 1 unspecified atom stereocenters. The van der Waals surface area contributed by atoms with Gasteiger partial charge in [0.1, 0.15) is 17.0 Å². The molecular weight excluding hydrogens is 284 g/mol. The lowest BCUT2D eigenvalue weighted by Gasteiger charge is -2.13. The second-order valence-electron chi connectivity index (χ2n) is 5.45. The summed E-state index contributed by atoms with van der Waals surface area (Å²) in [6, 6.07) is 10.0. The molecule has 0 radical (unpaired) electrons. The molecule has 0 aliphatic heterocycles. The highest BCUT2D eigenvalue weighted by molar-refractivity contribution is 5.41. The Morgan fingerprint density at radius 2 is 2.09 bits per heavy atom. The van der Waals surface area contributed by atoms with Gasteiger partial charge in [-0.05, 0) is 36.1 Å². The van der Waals surface area contributed by atoms with E-state index >= 15 is 0 Å². The molecule has 0 amide bonds. The zero-order chi connectivity index (χ0) is 16.8. The second-order valence-corrected chi connectivity index (χ2v) is 5.45. The highest BCUT2D eigenvalue weighted by Gasteiger charge is 2.06. The van der Waals surface area contributed by atoms with Crippen LogP contribution < -0.4 is 10.2 Å². The maximum absolute atomic E-state index is 6.00. The summed E-state index contributed by atoms with van der Waals surface area (Å²) in [6.07, 6.45) is 5.39. The van der Waals surface area contributed by atoms with Crippen LogP contribution in [0.15, 0.2) is 72.7 Å². The Labute approximate surface area is 137 Å². The quantitative estimate of drug-likeness (QED) is 0.585. The van der Waals surface area contributed by atoms with Crippen molar-refractivity contribution in [3.63, 3.8) is 0 Å². The Kier molecular flexibility index (Phi) is 5.40. The van der Waals surface area contributed by atoms with Gasteiger partial charge < -0.3 is 9.30 Å². The van der Waals surface area contributed by atoms with E-state index in [9.17, 15) is 0 Å². The standard InChI is InChI=1S/C20H22N2O/c1-6-11-21-20-14-18(10-12-22(20)5)23-19-9-8-17(13-16(19)4)15(3)7-2/h7-15H,1-2H2,3-5H3. The fourth-order valence-corrected chi connectivity index (χ4v) is 2.18. The number of benzene rings is 1. The van der Waals surface area contributed by atoms with E-state index in [1.165, 1.54) is 11.8 Å². The zero-order valence-corrected chi connectivity index (χ0v) is 13.9. The second kappa shape index (κ2) is 7.48. The third-order valence-corrected chi connectivity index (χ3v) is 3.69. The molecule has 23 heavy (non-hydrogen) atoms. The largest absolute Gasteiger partial charge is 0.457 e. The van der Waals surface area contributed by atoms with E-state index in [-0.39, 0.29) is 0 Å². The van der Waals surface area contributed by atoms with Crippen molar-refractivity contribution < 1.29 is 4.74 Å². The number of nitrogens with zero attached hydrogens (tertiary/aromatic N) is 2. The van der Waals surface area contributed by atoms with Crippen LogP contribution in [0.3, 0.4) is 0 Å². The summed E-state index contributed by atoms with van der Waals surface area (Å²) in [5.41, 5.74) is 5.74. The van der Waals surface area contributed by atoms with Crippen molar-refractivity contribution in [1.82, 2.24) is 4.57 Å². The van der Waals surface area contributed by atoms with Gasteiger partial charge in [0.2, 0.25) is 0 Å². The van der Waals surface area contributed by atoms with Crippen LogP contribution in [0.1, 0.15) is 24.0 Å². The van der Waals surface area contributed by atoms with Gasteiger partial charge >= 0.3 is 0 Å². The van der Waals surface area contributed by atoms with Crippen molar-refractivity contribution in [2.75, 3.05) is 0 Å². The van der Waals surface area contributed by atoms with Crippen LogP contribution in [0.2, 0.25) is 0 Å². The third-order valence-electron chi connectivity index (χ3n) is 3.69. The molecule has 0 aliphatic rings. The van der Waals surface area contributed by atoms with Gasteiger partial charge in [-0.25, -0.2) is 4.99 Å². The molecule has 1 aromatic carbocycles. The number of hydrogen-bond donors (Lipinski definition) is 0. The first kappa shape index (κ1) is 16.6. The Morgan fingerprint density at radius 3 is 2.74 bits per heavy atom. The summed E-state index contributed by atoms with van der Waals surface area (Å²) in [6.45, 7) is 11.5. The number of aryl methyl sites for hydroxylation is 2. The van der Waals surface area contributed by atoms with Crippen LogP contribution in [0.4, 0.5) is 0 Å². The van der Waals surface area contributed by atoms with Crippen LogP contribution in [-0.4, -0.2) is 4.57 Å². The molecule has 0 fully saturated rings. The van der Waals surface area contributed by atoms with E-state index in [0.717, 1.165) is 22.6 Å². The lowest BCUT2D eigenvalue weighted by Crippen LogP contribution is -2.16. The summed E-state index contributed by atoms with van der Waals surface area (Å²) in [5.74, 6) is 1.91. The molecule has 1 heterocycles. The van der Waals surface area contributed by atoms with Crippen molar-refractivity contribution >= 4 is 0 Å². The molecule has 3 nitrogen and oxygen atoms in total. The molecule has 2 rings (SSSR count). The third kappa shape index (κ3) is 4.12. The van der Waals surface area contributed by atoms with Crippen LogP contribution >= 0.6 is 0 Å². The van der Waals surface area contributed by atoms with Gasteiger partial charge in [0.05, 0.1) is 6.20 Å². The van der Waals surface area contributed by atoms with Crippen molar-refractivity contribution in [2.45, 2.75) is 19.8 Å². The zero-order valence-electron chi connectivity index (χ0n) is 13.9. The maximum Gasteiger partial charge on any atom is 0.136 e. The number of allylic oxidation sites excluding steroid dienone is 1. The van der Waals surface area contributed by atoms with Gasteiger partial charge in [0.25, 0.3) is 0 Å². The van der Waals surface area contributed by atoms with E-state index in [0.29, 0.717) is 5.92 Å². The minimum atomic E-state index is 0.328. The molecule has 0 spiro atoms. The maximum atomic E-state index is 6.00. The number of ether oxygens (including phenoxy) is 1. The molecule has 1 atom stereocenters. The summed E-state index contributed by atoms with van der Waals surface area (Å²) in [4.78, 5) is 4.27. The molecule has 3 heteroatoms. The highest BCUT2D eigenvalue weighted by Crippen LogP contribution is 2.27. The van der Waals surface area contributed by atoms with Crippen molar-refractivity contribution in [2.24, 2.45) is 12.0 Å². The van der Waals surface area contributed by atoms with Crippen molar-refractivity contribution in [1.29, 1.82) is 0 Å². The van der Waals surface area contributed by atoms with E-state index in [2.05, 4.69) is 42.9 Å². The molecule has 0 saturated carbocycles. The average Bonchev–Trinajstić information content (AvgIpc) is 2.56. The first-order valence-corrected chi connectivity index (χ1v) is 7.51. The van der Waals surface area contributed by atoms with E-state index in [1.54, 1.807) is 0 Å². The van der Waals surface area contributed by atoms with Gasteiger partial charge in [-0.1, -0.05) is 31.7 Å². The van der Waals surface area contributed by atoms with E-state index in [1.807, 2.05) is 49.0 Å². The molecule has 0 aliphatic carbocycles. The van der Waals surface area contributed by atoms with Crippen LogP contribution in [0.5, 0.6) is 11.5 Å². The molecular formula is C20H22N2O. The first-order valence-electron chi connectivity index (χ1n) is 7.51. The van der Waals surface area contributed by atoms with Gasteiger partial charge in [0.15, 0.2) is 0 Å². The number of rotatable bonds is 5. The SMILES string of the molecule is C=C=CN=c1cc(Oc2ccc(C(C)C=C)cc2C)ccn1C. The van der Waals surface area contributed by atoms with E-state index in [4.69, 9.17) is 4.74 Å². The fraction of sp³-hybridized carbons (Fsp3) is 0.200. The molecule has 118 valence electrons. The summed E-state index contributed by atoms with van der Waals surface area (Å²) >= 11 is 0. The predicted octanol–water partition coefficient (Wildman–Crippen LogP) is 4.61. The van der Waals surface area contributed by atoms with Crippen LogP contribution in [-0.2, 0) is 7.05 Å². The fourth-order valence-electron chi connectivity index (χ4n) is 2.18. The van der Waals surface area contributed by atoms with Gasteiger partial charge in [-0.15, -0.1) is 12.3 Å². The topological polar surface area (TPSA) is 26.5 Å². The molecule has 2 aromatic rings. The molecule has 0 bridgehead atoms. The lowest BCUT2D eigenvalue weighted by molar-refractivity contribution is 0.475. The minimum Gasteiger partial charge on any atom is -0.457 e. The number of hydrogen-bond acceptors (Lipinski definition) is 2. The summed E-state index contributed by atoms with van der Waals surface area (Å²) in [7, 11) is 1.93. The Morgan fingerprint density at radius 1 is 1.30 bits per heavy atom. The lowest BCUT2D eigenvalue weighted by atomic mass is 9.99. The number of pyridine rings is 1. The highest BCUT2D eigenvalue weighted by atomic mass is 16.5. The van der Waals surface area contributed by atoms with Crippen LogP contribution in [0.25, 0.3) is 0 Å². The summed E-state index contributed by atoms with van der Waals surface area (Å²) < 4.78 is 7.91. The monoisotopic (exact) mass is 306 g/mol. The molecule has 0 saturated heterocycles. The van der Waals surface area contributed by atoms with Gasteiger partial charge in [0, 0.05) is 19.3 Å². The summed E-state index contributed by atoms with van der Waals surface area (Å²) in [5, 5.41) is 0. The van der Waals surface area contributed by atoms with Crippen molar-refractivity contribution in [3.05, 3.63) is 84.3 Å². The first-order chi connectivity index (χ1) is 11.0. The van der Waals surface area contributed by atoms with Crippen molar-refractivity contribution in [3.8, 4) is 11.5 Å². The smallest absolute Gasteiger partial charge is 0.136 e. The number of aromatic nitrogens is 1. The van der Waals surface area contributed by atoms with Gasteiger partial charge in [-0.2, -0.15) is 0 Å². The average molecular weight is 306 g/mol. The van der Waals surface area contributed by atoms with Gasteiger partial charge in [-0.3, -0.25) is 0 Å². The minimum absolute atomic E-state index is 0.328. The normalized spacial score (nSPS) is 12.4. The van der Waals surface area contributed by atoms with Crippen LogP contribution in [0, 0.1) is 6.92 Å². The Bertz CT molecular complexity index is 824. The molecule has 1 aromatic heterocycles. The predicted molar refractivity (Wildman–Crippen MR) is 94.6 cm³/mol. The molecule has 0 N–H and O–H groups in total. The Hall–Kier alpha value is -2.77.